The maximum Gasteiger partial charge on any atom is 0.272 e. The largest absolute Gasteiger partial charge is 0.393 e. The minimum absolute atomic E-state index is 0.119. The molecule has 0 radical (unpaired) electrons. The first kappa shape index (κ1) is 11.1. The molecule has 4 nitrogen and oxygen atoms in total. The zero-order valence-electron chi connectivity index (χ0n) is 9.22. The summed E-state index contributed by atoms with van der Waals surface area (Å²) in [7, 11) is 0. The van der Waals surface area contributed by atoms with Crippen LogP contribution in [0.3, 0.4) is 0 Å². The summed E-state index contributed by atoms with van der Waals surface area (Å²) in [6.07, 6.45) is 2.11. The fraction of sp³-hybridized carbons (Fsp3) is 0.500. The van der Waals surface area contributed by atoms with Crippen molar-refractivity contribution < 1.29 is 10.0 Å². The highest BCUT2D eigenvalue weighted by atomic mass is 16.6. The highest BCUT2D eigenvalue weighted by Gasteiger charge is 2.47. The van der Waals surface area contributed by atoms with E-state index in [1.807, 2.05) is 0 Å². The second kappa shape index (κ2) is 3.87. The maximum absolute atomic E-state index is 10.8. The van der Waals surface area contributed by atoms with Gasteiger partial charge in [0, 0.05) is 17.0 Å². The van der Waals surface area contributed by atoms with Crippen molar-refractivity contribution in [3.63, 3.8) is 0 Å². The summed E-state index contributed by atoms with van der Waals surface area (Å²) in [6, 6.07) is 6.78. The Labute approximate surface area is 94.1 Å². The Morgan fingerprint density at radius 1 is 1.50 bits per heavy atom. The molecule has 16 heavy (non-hydrogen) atoms. The Bertz CT molecular complexity index is 410. The van der Waals surface area contributed by atoms with Crippen molar-refractivity contribution in [2.24, 2.45) is 5.41 Å². The van der Waals surface area contributed by atoms with Crippen molar-refractivity contribution in [2.75, 3.05) is 0 Å². The van der Waals surface area contributed by atoms with E-state index in [1.165, 1.54) is 6.07 Å². The standard InChI is InChI=1S/C12H15NO3/c1-9(14)12(6-7-12)8-10-4-2-3-5-11(10)13(15)16/h2-5,9,14H,6-8H2,1H3. The van der Waals surface area contributed by atoms with Crippen molar-refractivity contribution in [1.29, 1.82) is 0 Å². The first-order valence-corrected chi connectivity index (χ1v) is 5.45. The van der Waals surface area contributed by atoms with Crippen LogP contribution in [0.5, 0.6) is 0 Å². The first-order valence-electron chi connectivity index (χ1n) is 5.45. The number of aliphatic hydroxyl groups excluding tert-OH is 1. The van der Waals surface area contributed by atoms with Crippen LogP contribution in [-0.2, 0) is 6.42 Å². The van der Waals surface area contributed by atoms with Crippen molar-refractivity contribution in [3.8, 4) is 0 Å². The normalized spacial score (nSPS) is 19.1. The van der Waals surface area contributed by atoms with Gasteiger partial charge in [-0.25, -0.2) is 0 Å². The Morgan fingerprint density at radius 3 is 2.62 bits per heavy atom. The molecular formula is C12H15NO3. The quantitative estimate of drug-likeness (QED) is 0.626. The van der Waals surface area contributed by atoms with Gasteiger partial charge in [0.1, 0.15) is 0 Å². The van der Waals surface area contributed by atoms with Gasteiger partial charge in [-0.15, -0.1) is 0 Å². The number of benzene rings is 1. The van der Waals surface area contributed by atoms with E-state index in [0.29, 0.717) is 6.42 Å². The van der Waals surface area contributed by atoms with E-state index in [1.54, 1.807) is 25.1 Å². The molecule has 1 N–H and O–H groups in total. The maximum atomic E-state index is 10.8. The van der Waals surface area contributed by atoms with Crippen LogP contribution < -0.4 is 0 Å². The van der Waals surface area contributed by atoms with E-state index in [0.717, 1.165) is 18.4 Å². The van der Waals surface area contributed by atoms with Crippen LogP contribution in [0.2, 0.25) is 0 Å². The number of nitro benzene ring substituents is 1. The van der Waals surface area contributed by atoms with Crippen molar-refractivity contribution in [1.82, 2.24) is 0 Å². The molecule has 0 bridgehead atoms. The summed E-state index contributed by atoms with van der Waals surface area (Å²) in [5.41, 5.74) is 0.770. The van der Waals surface area contributed by atoms with Gasteiger partial charge < -0.3 is 5.11 Å². The van der Waals surface area contributed by atoms with Gasteiger partial charge in [-0.2, -0.15) is 0 Å². The Kier molecular flexibility index (Phi) is 2.68. The van der Waals surface area contributed by atoms with Crippen LogP contribution in [0.1, 0.15) is 25.3 Å². The van der Waals surface area contributed by atoms with E-state index < -0.39 is 6.10 Å². The fourth-order valence-corrected chi connectivity index (χ4v) is 2.12. The van der Waals surface area contributed by atoms with Crippen LogP contribution in [0, 0.1) is 15.5 Å². The highest BCUT2D eigenvalue weighted by Crippen LogP contribution is 2.51. The van der Waals surface area contributed by atoms with E-state index in [2.05, 4.69) is 0 Å². The van der Waals surface area contributed by atoms with Crippen molar-refractivity contribution in [3.05, 3.63) is 39.9 Å². The van der Waals surface area contributed by atoms with Gasteiger partial charge >= 0.3 is 0 Å². The molecule has 0 spiro atoms. The van der Waals surface area contributed by atoms with Crippen molar-refractivity contribution >= 4 is 5.69 Å². The molecule has 1 fully saturated rings. The molecule has 0 heterocycles. The summed E-state index contributed by atoms with van der Waals surface area (Å²) in [4.78, 5) is 10.5. The molecule has 1 aliphatic rings. The summed E-state index contributed by atoms with van der Waals surface area (Å²) in [5.74, 6) is 0. The molecule has 2 rings (SSSR count). The minimum atomic E-state index is -0.396. The molecule has 1 aromatic carbocycles. The molecule has 1 aliphatic carbocycles. The minimum Gasteiger partial charge on any atom is -0.393 e. The van der Waals surface area contributed by atoms with Gasteiger partial charge in [-0.05, 0) is 26.2 Å². The molecule has 0 aliphatic heterocycles. The highest BCUT2D eigenvalue weighted by molar-refractivity contribution is 5.41. The van der Waals surface area contributed by atoms with Gasteiger partial charge in [-0.3, -0.25) is 10.1 Å². The second-order valence-electron chi connectivity index (χ2n) is 4.60. The Morgan fingerprint density at radius 2 is 2.12 bits per heavy atom. The summed E-state index contributed by atoms with van der Waals surface area (Å²) < 4.78 is 0. The van der Waals surface area contributed by atoms with Crippen molar-refractivity contribution in [2.45, 2.75) is 32.3 Å². The second-order valence-corrected chi connectivity index (χ2v) is 4.60. The summed E-state index contributed by atoms with van der Waals surface area (Å²) in [6.45, 7) is 1.77. The number of nitro groups is 1. The third kappa shape index (κ3) is 1.93. The molecule has 1 saturated carbocycles. The van der Waals surface area contributed by atoms with Gasteiger partial charge in [-0.1, -0.05) is 18.2 Å². The van der Waals surface area contributed by atoms with Gasteiger partial charge in [0.05, 0.1) is 11.0 Å². The van der Waals surface area contributed by atoms with Crippen LogP contribution in [0.15, 0.2) is 24.3 Å². The van der Waals surface area contributed by atoms with Gasteiger partial charge in [0.15, 0.2) is 0 Å². The number of hydrogen-bond donors (Lipinski definition) is 1. The topological polar surface area (TPSA) is 63.4 Å². The van der Waals surface area contributed by atoms with E-state index in [4.69, 9.17) is 0 Å². The van der Waals surface area contributed by atoms with Crippen LogP contribution in [0.25, 0.3) is 0 Å². The van der Waals surface area contributed by atoms with Crippen LogP contribution in [-0.4, -0.2) is 16.1 Å². The van der Waals surface area contributed by atoms with E-state index in [9.17, 15) is 15.2 Å². The number of rotatable bonds is 4. The van der Waals surface area contributed by atoms with E-state index >= 15 is 0 Å². The molecule has 1 atom stereocenters. The monoisotopic (exact) mass is 221 g/mol. The predicted octanol–water partition coefficient (Wildman–Crippen LogP) is 2.30. The lowest BCUT2D eigenvalue weighted by Crippen LogP contribution is -2.21. The molecule has 1 aromatic rings. The van der Waals surface area contributed by atoms with Crippen LogP contribution in [0.4, 0.5) is 5.69 Å². The molecule has 1 unspecified atom stereocenters. The third-order valence-corrected chi connectivity index (χ3v) is 3.51. The zero-order valence-corrected chi connectivity index (χ0v) is 9.22. The molecule has 0 aromatic heterocycles. The average Bonchev–Trinajstić information content (AvgIpc) is 2.99. The number of hydrogen-bond acceptors (Lipinski definition) is 3. The SMILES string of the molecule is CC(O)C1(Cc2ccccc2[N+](=O)[O-])CC1. The zero-order chi connectivity index (χ0) is 11.8. The fourth-order valence-electron chi connectivity index (χ4n) is 2.12. The first-order chi connectivity index (χ1) is 7.55. The number of nitrogens with zero attached hydrogens (tertiary/aromatic N) is 1. The lowest BCUT2D eigenvalue weighted by molar-refractivity contribution is -0.385. The molecular weight excluding hydrogens is 206 g/mol. The number of para-hydroxylation sites is 1. The predicted molar refractivity (Wildman–Crippen MR) is 60.1 cm³/mol. The summed E-state index contributed by atoms with van der Waals surface area (Å²) >= 11 is 0. The molecule has 86 valence electrons. The smallest absolute Gasteiger partial charge is 0.272 e. The molecule has 0 amide bonds. The van der Waals surface area contributed by atoms with Gasteiger partial charge in [0.2, 0.25) is 0 Å². The van der Waals surface area contributed by atoms with Crippen LogP contribution >= 0.6 is 0 Å². The Hall–Kier alpha value is -1.42. The van der Waals surface area contributed by atoms with E-state index in [-0.39, 0.29) is 16.0 Å². The summed E-state index contributed by atoms with van der Waals surface area (Å²) in [5, 5.41) is 20.5. The average molecular weight is 221 g/mol. The third-order valence-electron chi connectivity index (χ3n) is 3.51. The molecule has 0 saturated heterocycles. The van der Waals surface area contributed by atoms with Gasteiger partial charge in [0.25, 0.3) is 5.69 Å². The lowest BCUT2D eigenvalue weighted by Gasteiger charge is -2.18. The lowest BCUT2D eigenvalue weighted by atomic mass is 9.91. The molecule has 4 heteroatoms. The Balaban J connectivity index is 2.25. The number of aliphatic hydroxyl groups is 1.